The molecule has 1 aliphatic heterocycles. The standard InChI is InChI=1S/C13H18ClFN2O.ClH/c14-12-7-11(15)1-2-13(12)18-6-5-17-4-3-10(8-16)9-17;/h1-2,7,10H,3-6,8-9,16H2;1H. The van der Waals surface area contributed by atoms with Crippen LogP contribution in [0, 0.1) is 11.7 Å². The molecule has 2 N–H and O–H groups in total. The minimum atomic E-state index is -0.349. The molecule has 1 atom stereocenters. The van der Waals surface area contributed by atoms with Gasteiger partial charge in [0.2, 0.25) is 0 Å². The molecule has 1 saturated heterocycles. The van der Waals surface area contributed by atoms with E-state index in [1.54, 1.807) is 6.07 Å². The smallest absolute Gasteiger partial charge is 0.138 e. The van der Waals surface area contributed by atoms with Gasteiger partial charge >= 0.3 is 0 Å². The van der Waals surface area contributed by atoms with Crippen molar-refractivity contribution < 1.29 is 9.13 Å². The van der Waals surface area contributed by atoms with E-state index in [1.807, 2.05) is 0 Å². The summed E-state index contributed by atoms with van der Waals surface area (Å²) in [6.07, 6.45) is 1.16. The van der Waals surface area contributed by atoms with Crippen molar-refractivity contribution >= 4 is 24.0 Å². The van der Waals surface area contributed by atoms with Crippen LogP contribution in [0.25, 0.3) is 0 Å². The van der Waals surface area contributed by atoms with Gasteiger partial charge < -0.3 is 10.5 Å². The van der Waals surface area contributed by atoms with E-state index in [0.29, 0.717) is 23.3 Å². The lowest BCUT2D eigenvalue weighted by Gasteiger charge is -2.16. The number of rotatable bonds is 5. The zero-order valence-electron chi connectivity index (χ0n) is 10.6. The molecule has 0 bridgehead atoms. The molecular formula is C13H19Cl2FN2O. The second kappa shape index (κ2) is 7.90. The molecule has 1 fully saturated rings. The highest BCUT2D eigenvalue weighted by Crippen LogP contribution is 2.24. The average Bonchev–Trinajstić information content (AvgIpc) is 2.80. The van der Waals surface area contributed by atoms with E-state index in [0.717, 1.165) is 32.6 Å². The molecule has 0 aromatic heterocycles. The maximum Gasteiger partial charge on any atom is 0.138 e. The molecule has 108 valence electrons. The van der Waals surface area contributed by atoms with Crippen molar-refractivity contribution in [1.82, 2.24) is 4.90 Å². The molecule has 1 heterocycles. The number of nitrogens with zero attached hydrogens (tertiary/aromatic N) is 1. The van der Waals surface area contributed by atoms with Crippen molar-refractivity contribution in [1.29, 1.82) is 0 Å². The number of benzene rings is 1. The lowest BCUT2D eigenvalue weighted by molar-refractivity contribution is 0.233. The third-order valence-corrected chi connectivity index (χ3v) is 3.56. The van der Waals surface area contributed by atoms with Gasteiger partial charge in [0.1, 0.15) is 18.2 Å². The van der Waals surface area contributed by atoms with Crippen molar-refractivity contribution in [3.63, 3.8) is 0 Å². The fourth-order valence-electron chi connectivity index (χ4n) is 2.19. The second-order valence-electron chi connectivity index (χ2n) is 4.61. The Morgan fingerprint density at radius 3 is 2.89 bits per heavy atom. The lowest BCUT2D eigenvalue weighted by Crippen LogP contribution is -2.27. The molecule has 1 unspecified atom stereocenters. The Hall–Kier alpha value is -0.550. The molecule has 6 heteroatoms. The normalized spacial score (nSPS) is 19.2. The zero-order valence-corrected chi connectivity index (χ0v) is 12.2. The molecule has 0 aliphatic carbocycles. The van der Waals surface area contributed by atoms with Crippen molar-refractivity contribution in [3.8, 4) is 5.75 Å². The van der Waals surface area contributed by atoms with Gasteiger partial charge in [-0.25, -0.2) is 4.39 Å². The summed E-state index contributed by atoms with van der Waals surface area (Å²) < 4.78 is 18.4. The third kappa shape index (κ3) is 4.80. The lowest BCUT2D eigenvalue weighted by atomic mass is 10.1. The molecule has 1 aromatic rings. The maximum atomic E-state index is 12.8. The highest BCUT2D eigenvalue weighted by molar-refractivity contribution is 6.32. The number of halogens is 3. The topological polar surface area (TPSA) is 38.5 Å². The van der Waals surface area contributed by atoms with E-state index < -0.39 is 0 Å². The van der Waals surface area contributed by atoms with Crippen molar-refractivity contribution in [2.75, 3.05) is 32.8 Å². The Balaban J connectivity index is 0.00000180. The molecule has 0 spiro atoms. The van der Waals surface area contributed by atoms with Gasteiger partial charge in [0, 0.05) is 13.1 Å². The summed E-state index contributed by atoms with van der Waals surface area (Å²) in [5.41, 5.74) is 5.64. The first-order valence-electron chi connectivity index (χ1n) is 6.19. The molecule has 19 heavy (non-hydrogen) atoms. The average molecular weight is 309 g/mol. The second-order valence-corrected chi connectivity index (χ2v) is 5.02. The van der Waals surface area contributed by atoms with Gasteiger partial charge in [0.25, 0.3) is 0 Å². The number of ether oxygens (including phenoxy) is 1. The summed E-state index contributed by atoms with van der Waals surface area (Å²) in [5, 5.41) is 0.316. The Kier molecular flexibility index (Phi) is 6.86. The largest absolute Gasteiger partial charge is 0.491 e. The number of nitrogens with two attached hydrogens (primary N) is 1. The van der Waals surface area contributed by atoms with E-state index in [2.05, 4.69) is 4.90 Å². The first-order valence-corrected chi connectivity index (χ1v) is 6.57. The summed E-state index contributed by atoms with van der Waals surface area (Å²) in [6, 6.07) is 4.17. The first-order chi connectivity index (χ1) is 8.69. The van der Waals surface area contributed by atoms with Crippen LogP contribution in [0.3, 0.4) is 0 Å². The Labute approximate surface area is 124 Å². The van der Waals surface area contributed by atoms with Crippen LogP contribution in [0.4, 0.5) is 4.39 Å². The SMILES string of the molecule is Cl.NCC1CCN(CCOc2ccc(F)cc2Cl)C1. The van der Waals surface area contributed by atoms with Crippen LogP contribution in [-0.4, -0.2) is 37.7 Å². The van der Waals surface area contributed by atoms with E-state index in [4.69, 9.17) is 22.1 Å². The van der Waals surface area contributed by atoms with Crippen molar-refractivity contribution in [3.05, 3.63) is 29.0 Å². The summed E-state index contributed by atoms with van der Waals surface area (Å²) in [6.45, 7) is 4.27. The summed E-state index contributed by atoms with van der Waals surface area (Å²) >= 11 is 5.88. The molecule has 0 radical (unpaired) electrons. The number of hydrogen-bond donors (Lipinski definition) is 1. The van der Waals surface area contributed by atoms with Crippen LogP contribution in [0.1, 0.15) is 6.42 Å². The minimum Gasteiger partial charge on any atom is -0.491 e. The van der Waals surface area contributed by atoms with Crippen LogP contribution in [0.5, 0.6) is 5.75 Å². The van der Waals surface area contributed by atoms with Crippen molar-refractivity contribution in [2.45, 2.75) is 6.42 Å². The third-order valence-electron chi connectivity index (χ3n) is 3.26. The fraction of sp³-hybridized carbons (Fsp3) is 0.538. The van der Waals surface area contributed by atoms with E-state index in [1.165, 1.54) is 12.1 Å². The summed E-state index contributed by atoms with van der Waals surface area (Å²) in [5.74, 6) is 0.796. The minimum absolute atomic E-state index is 0. The molecule has 0 saturated carbocycles. The summed E-state index contributed by atoms with van der Waals surface area (Å²) in [4.78, 5) is 2.33. The van der Waals surface area contributed by atoms with Gasteiger partial charge in [0.05, 0.1) is 5.02 Å². The van der Waals surface area contributed by atoms with E-state index >= 15 is 0 Å². The molecule has 0 amide bonds. The fourth-order valence-corrected chi connectivity index (χ4v) is 2.41. The predicted octanol–water partition coefficient (Wildman–Crippen LogP) is 2.56. The van der Waals surface area contributed by atoms with Crippen LogP contribution >= 0.6 is 24.0 Å². The molecular weight excluding hydrogens is 290 g/mol. The van der Waals surface area contributed by atoms with Gasteiger partial charge in [-0.05, 0) is 43.6 Å². The maximum absolute atomic E-state index is 12.8. The van der Waals surface area contributed by atoms with Gasteiger partial charge in [-0.3, -0.25) is 4.90 Å². The quantitative estimate of drug-likeness (QED) is 0.908. The number of hydrogen-bond acceptors (Lipinski definition) is 3. The van der Waals surface area contributed by atoms with E-state index in [9.17, 15) is 4.39 Å². The molecule has 3 nitrogen and oxygen atoms in total. The van der Waals surface area contributed by atoms with Crippen LogP contribution in [-0.2, 0) is 0 Å². The monoisotopic (exact) mass is 308 g/mol. The summed E-state index contributed by atoms with van der Waals surface area (Å²) in [7, 11) is 0. The Bertz CT molecular complexity index is 406. The first kappa shape index (κ1) is 16.5. The van der Waals surface area contributed by atoms with Crippen LogP contribution < -0.4 is 10.5 Å². The predicted molar refractivity (Wildman–Crippen MR) is 77.8 cm³/mol. The highest BCUT2D eigenvalue weighted by Gasteiger charge is 2.20. The number of likely N-dealkylation sites (tertiary alicyclic amines) is 1. The van der Waals surface area contributed by atoms with Gasteiger partial charge in [-0.2, -0.15) is 0 Å². The molecule has 2 rings (SSSR count). The van der Waals surface area contributed by atoms with Gasteiger partial charge in [-0.15, -0.1) is 12.4 Å². The van der Waals surface area contributed by atoms with Gasteiger partial charge in [-0.1, -0.05) is 11.6 Å². The van der Waals surface area contributed by atoms with E-state index in [-0.39, 0.29) is 18.2 Å². The van der Waals surface area contributed by atoms with Crippen molar-refractivity contribution in [2.24, 2.45) is 11.7 Å². The molecule has 1 aromatic carbocycles. The Morgan fingerprint density at radius 1 is 1.47 bits per heavy atom. The highest BCUT2D eigenvalue weighted by atomic mass is 35.5. The molecule has 1 aliphatic rings. The zero-order chi connectivity index (χ0) is 13.0. The van der Waals surface area contributed by atoms with Gasteiger partial charge in [0.15, 0.2) is 0 Å². The van der Waals surface area contributed by atoms with Crippen LogP contribution in [0.2, 0.25) is 5.02 Å². The van der Waals surface area contributed by atoms with Crippen LogP contribution in [0.15, 0.2) is 18.2 Å². The Morgan fingerprint density at radius 2 is 2.26 bits per heavy atom.